The molecule has 1 fully saturated rings. The number of Topliss-reactive ketones (excluding diaryl/α,β-unsaturated/α-hetero) is 1. The molecule has 0 saturated heterocycles. The largest absolute Gasteiger partial charge is 0.493 e. The molecule has 1 saturated carbocycles. The smallest absolute Gasteiger partial charge is 0.161 e. The summed E-state index contributed by atoms with van der Waals surface area (Å²) in [6.07, 6.45) is 2.65. The summed E-state index contributed by atoms with van der Waals surface area (Å²) in [7, 11) is 3.23. The average molecular weight is 248 g/mol. The van der Waals surface area contributed by atoms with Crippen LogP contribution in [-0.4, -0.2) is 20.0 Å². The lowest BCUT2D eigenvalue weighted by Crippen LogP contribution is -2.21. The Kier molecular flexibility index (Phi) is 3.90. The molecule has 0 amide bonds. The Morgan fingerprint density at radius 3 is 2.56 bits per heavy atom. The van der Waals surface area contributed by atoms with Crippen LogP contribution in [0, 0.1) is 5.92 Å². The molecule has 0 N–H and O–H groups in total. The van der Waals surface area contributed by atoms with Gasteiger partial charge in [0.25, 0.3) is 0 Å². The predicted octanol–water partition coefficient (Wildman–Crippen LogP) is 3.18. The van der Waals surface area contributed by atoms with Crippen molar-refractivity contribution in [1.29, 1.82) is 0 Å². The van der Waals surface area contributed by atoms with Crippen molar-refractivity contribution in [3.63, 3.8) is 0 Å². The fourth-order valence-electron chi connectivity index (χ4n) is 2.61. The molecular weight excluding hydrogens is 228 g/mol. The second-order valence-electron chi connectivity index (χ2n) is 5.01. The van der Waals surface area contributed by atoms with Gasteiger partial charge in [0.2, 0.25) is 0 Å². The quantitative estimate of drug-likeness (QED) is 0.824. The molecule has 18 heavy (non-hydrogen) atoms. The molecule has 3 heteroatoms. The lowest BCUT2D eigenvalue weighted by atomic mass is 9.78. The first kappa shape index (κ1) is 12.9. The van der Waals surface area contributed by atoms with Gasteiger partial charge in [0.15, 0.2) is 11.5 Å². The molecule has 3 nitrogen and oxygen atoms in total. The molecule has 1 aromatic carbocycles. The summed E-state index contributed by atoms with van der Waals surface area (Å²) in [5, 5.41) is 0. The van der Waals surface area contributed by atoms with Gasteiger partial charge in [-0.15, -0.1) is 0 Å². The molecule has 1 aliphatic carbocycles. The number of benzene rings is 1. The summed E-state index contributed by atoms with van der Waals surface area (Å²) in [5.74, 6) is 2.38. The van der Waals surface area contributed by atoms with Crippen LogP contribution in [0.1, 0.15) is 37.7 Å². The Morgan fingerprint density at radius 2 is 1.89 bits per heavy atom. The van der Waals surface area contributed by atoms with E-state index in [-0.39, 0.29) is 5.92 Å². The lowest BCUT2D eigenvalue weighted by molar-refractivity contribution is -0.122. The number of carbonyl (C=O) groups excluding carboxylic acids is 1. The summed E-state index contributed by atoms with van der Waals surface area (Å²) >= 11 is 0. The highest BCUT2D eigenvalue weighted by Crippen LogP contribution is 2.37. The topological polar surface area (TPSA) is 35.5 Å². The predicted molar refractivity (Wildman–Crippen MR) is 70.3 cm³/mol. The SMILES string of the molecule is COc1ccc(C2C[C@@H](C)CCC2=O)cc1OC. The van der Waals surface area contributed by atoms with Crippen LogP contribution in [0.15, 0.2) is 18.2 Å². The first-order chi connectivity index (χ1) is 8.65. The van der Waals surface area contributed by atoms with Gasteiger partial charge in [-0.2, -0.15) is 0 Å². The number of carbonyl (C=O) groups is 1. The summed E-state index contributed by atoms with van der Waals surface area (Å²) in [5.41, 5.74) is 1.05. The van der Waals surface area contributed by atoms with Crippen LogP contribution in [0.4, 0.5) is 0 Å². The molecule has 0 bridgehead atoms. The van der Waals surface area contributed by atoms with Crippen molar-refractivity contribution in [2.75, 3.05) is 14.2 Å². The standard InChI is InChI=1S/C15H20O3/c1-10-4-6-13(16)12(8-10)11-5-7-14(17-2)15(9-11)18-3/h5,7,9-10,12H,4,6,8H2,1-3H3/t10-,12?/m0/s1. The highest BCUT2D eigenvalue weighted by molar-refractivity contribution is 5.86. The van der Waals surface area contributed by atoms with E-state index in [0.29, 0.717) is 29.6 Å². The normalized spacial score (nSPS) is 23.8. The molecule has 0 aliphatic heterocycles. The molecule has 2 rings (SSSR count). The first-order valence-corrected chi connectivity index (χ1v) is 6.40. The van der Waals surface area contributed by atoms with Gasteiger partial charge in [-0.1, -0.05) is 13.0 Å². The monoisotopic (exact) mass is 248 g/mol. The Hall–Kier alpha value is -1.51. The van der Waals surface area contributed by atoms with Gasteiger partial charge >= 0.3 is 0 Å². The molecule has 0 spiro atoms. The van der Waals surface area contributed by atoms with Crippen molar-refractivity contribution in [3.05, 3.63) is 23.8 Å². The third kappa shape index (κ3) is 2.50. The van der Waals surface area contributed by atoms with Gasteiger partial charge in [-0.3, -0.25) is 4.79 Å². The van der Waals surface area contributed by atoms with Crippen LogP contribution in [0.3, 0.4) is 0 Å². The Labute approximate surface area is 108 Å². The summed E-state index contributed by atoms with van der Waals surface area (Å²) < 4.78 is 10.5. The van der Waals surface area contributed by atoms with Crippen LogP contribution >= 0.6 is 0 Å². The van der Waals surface area contributed by atoms with Crippen molar-refractivity contribution in [3.8, 4) is 11.5 Å². The zero-order chi connectivity index (χ0) is 13.1. The van der Waals surface area contributed by atoms with Crippen LogP contribution < -0.4 is 9.47 Å². The van der Waals surface area contributed by atoms with E-state index in [1.165, 1.54) is 0 Å². The van der Waals surface area contributed by atoms with Gasteiger partial charge < -0.3 is 9.47 Å². The Bertz CT molecular complexity index is 439. The molecule has 0 radical (unpaired) electrons. The van der Waals surface area contributed by atoms with E-state index >= 15 is 0 Å². The van der Waals surface area contributed by atoms with Gasteiger partial charge in [0.05, 0.1) is 14.2 Å². The zero-order valence-electron chi connectivity index (χ0n) is 11.2. The molecule has 0 heterocycles. The summed E-state index contributed by atoms with van der Waals surface area (Å²) in [6, 6.07) is 5.78. The number of rotatable bonds is 3. The number of ether oxygens (including phenoxy) is 2. The molecular formula is C15H20O3. The van der Waals surface area contributed by atoms with E-state index < -0.39 is 0 Å². The summed E-state index contributed by atoms with van der Waals surface area (Å²) in [4.78, 5) is 12.0. The minimum atomic E-state index is 0.0218. The maximum Gasteiger partial charge on any atom is 0.161 e. The highest BCUT2D eigenvalue weighted by Gasteiger charge is 2.28. The van der Waals surface area contributed by atoms with Crippen molar-refractivity contribution in [2.45, 2.75) is 32.1 Å². The molecule has 0 aromatic heterocycles. The number of hydrogen-bond acceptors (Lipinski definition) is 3. The highest BCUT2D eigenvalue weighted by atomic mass is 16.5. The zero-order valence-corrected chi connectivity index (χ0v) is 11.2. The van der Waals surface area contributed by atoms with Gasteiger partial charge in [0.1, 0.15) is 5.78 Å². The second-order valence-corrected chi connectivity index (χ2v) is 5.01. The number of hydrogen-bond donors (Lipinski definition) is 0. The number of methoxy groups -OCH3 is 2. The third-order valence-corrected chi connectivity index (χ3v) is 3.72. The van der Waals surface area contributed by atoms with Crippen LogP contribution in [0.25, 0.3) is 0 Å². The first-order valence-electron chi connectivity index (χ1n) is 6.40. The van der Waals surface area contributed by atoms with Gasteiger partial charge in [-0.25, -0.2) is 0 Å². The Morgan fingerprint density at radius 1 is 1.17 bits per heavy atom. The van der Waals surface area contributed by atoms with E-state index in [1.54, 1.807) is 14.2 Å². The van der Waals surface area contributed by atoms with Crippen molar-refractivity contribution in [1.82, 2.24) is 0 Å². The molecule has 1 aliphatic rings. The fourth-order valence-corrected chi connectivity index (χ4v) is 2.61. The van der Waals surface area contributed by atoms with E-state index in [1.807, 2.05) is 18.2 Å². The third-order valence-electron chi connectivity index (χ3n) is 3.72. The van der Waals surface area contributed by atoms with E-state index in [2.05, 4.69) is 6.92 Å². The molecule has 1 aromatic rings. The minimum Gasteiger partial charge on any atom is -0.493 e. The molecule has 98 valence electrons. The van der Waals surface area contributed by atoms with Crippen molar-refractivity contribution >= 4 is 5.78 Å². The van der Waals surface area contributed by atoms with E-state index in [4.69, 9.17) is 9.47 Å². The van der Waals surface area contributed by atoms with Crippen LogP contribution in [-0.2, 0) is 4.79 Å². The van der Waals surface area contributed by atoms with Gasteiger partial charge in [0, 0.05) is 12.3 Å². The second kappa shape index (κ2) is 5.42. The number of ketones is 1. The Balaban J connectivity index is 2.29. The van der Waals surface area contributed by atoms with Crippen LogP contribution in [0.5, 0.6) is 11.5 Å². The summed E-state index contributed by atoms with van der Waals surface area (Å²) in [6.45, 7) is 2.21. The van der Waals surface area contributed by atoms with Crippen LogP contribution in [0.2, 0.25) is 0 Å². The van der Waals surface area contributed by atoms with E-state index in [0.717, 1.165) is 18.4 Å². The van der Waals surface area contributed by atoms with E-state index in [9.17, 15) is 4.79 Å². The minimum absolute atomic E-state index is 0.0218. The van der Waals surface area contributed by atoms with Crippen molar-refractivity contribution < 1.29 is 14.3 Å². The van der Waals surface area contributed by atoms with Crippen molar-refractivity contribution in [2.24, 2.45) is 5.92 Å². The van der Waals surface area contributed by atoms with Gasteiger partial charge in [-0.05, 0) is 36.5 Å². The fraction of sp³-hybridized carbons (Fsp3) is 0.533. The maximum atomic E-state index is 12.0. The molecule has 1 unspecified atom stereocenters. The molecule has 2 atom stereocenters. The lowest BCUT2D eigenvalue weighted by Gasteiger charge is -2.26. The average Bonchev–Trinajstić information content (AvgIpc) is 2.40. The maximum absolute atomic E-state index is 12.0.